The Hall–Kier alpha value is -3.02. The van der Waals surface area contributed by atoms with Gasteiger partial charge >= 0.3 is 5.97 Å². The molecule has 0 unspecified atom stereocenters. The number of carbonyl (C=O) groups excluding carboxylic acids is 2. The molecule has 0 bridgehead atoms. The lowest BCUT2D eigenvalue weighted by atomic mass is 10.2. The molecule has 126 valence electrons. The van der Waals surface area contributed by atoms with Gasteiger partial charge in [-0.3, -0.25) is 4.79 Å². The number of methoxy groups -OCH3 is 2. The molecule has 0 radical (unpaired) electrons. The zero-order chi connectivity index (χ0) is 17.5. The molecule has 6 nitrogen and oxygen atoms in total. The summed E-state index contributed by atoms with van der Waals surface area (Å²) >= 11 is 0. The summed E-state index contributed by atoms with van der Waals surface area (Å²) in [5.74, 6) is 0.0208. The van der Waals surface area contributed by atoms with E-state index >= 15 is 0 Å². The normalized spacial score (nSPS) is 11.3. The number of anilines is 1. The predicted molar refractivity (Wildman–Crippen MR) is 89.5 cm³/mol. The Balaban J connectivity index is 2.05. The largest absolute Gasteiger partial charge is 0.497 e. The standard InChI is InChI=1S/C18H19NO5/c1-12(24-18(21)13-7-5-4-6-8-13)17(20)19-15-11-14(22-2)9-10-16(15)23-3/h4-12H,1-3H3,(H,19,20)/t12-/m0/s1. The van der Waals surface area contributed by atoms with Crippen molar-refractivity contribution >= 4 is 17.6 Å². The van der Waals surface area contributed by atoms with Crippen LogP contribution in [0.4, 0.5) is 5.69 Å². The number of benzene rings is 2. The molecule has 0 aliphatic carbocycles. The highest BCUT2D eigenvalue weighted by Crippen LogP contribution is 2.29. The number of rotatable bonds is 6. The molecule has 0 spiro atoms. The molecule has 2 rings (SSSR count). The fourth-order valence-electron chi connectivity index (χ4n) is 2.00. The molecule has 24 heavy (non-hydrogen) atoms. The van der Waals surface area contributed by atoms with Crippen molar-refractivity contribution in [2.45, 2.75) is 13.0 Å². The molecule has 0 heterocycles. The summed E-state index contributed by atoms with van der Waals surface area (Å²) in [5.41, 5.74) is 0.820. The Morgan fingerprint density at radius 1 is 1.00 bits per heavy atom. The maximum Gasteiger partial charge on any atom is 0.338 e. The second kappa shape index (κ2) is 8.01. The first-order valence-corrected chi connectivity index (χ1v) is 7.34. The highest BCUT2D eigenvalue weighted by Gasteiger charge is 2.20. The van der Waals surface area contributed by atoms with Crippen molar-refractivity contribution in [1.82, 2.24) is 0 Å². The van der Waals surface area contributed by atoms with Crippen LogP contribution in [0.5, 0.6) is 11.5 Å². The molecule has 1 atom stereocenters. The topological polar surface area (TPSA) is 73.9 Å². The highest BCUT2D eigenvalue weighted by molar-refractivity contribution is 5.98. The van der Waals surface area contributed by atoms with Crippen LogP contribution in [0.1, 0.15) is 17.3 Å². The number of hydrogen-bond acceptors (Lipinski definition) is 5. The van der Waals surface area contributed by atoms with Crippen LogP contribution in [0.3, 0.4) is 0 Å². The van der Waals surface area contributed by atoms with Crippen molar-refractivity contribution in [1.29, 1.82) is 0 Å². The minimum absolute atomic E-state index is 0.385. The molecular weight excluding hydrogens is 310 g/mol. The van der Waals surface area contributed by atoms with E-state index < -0.39 is 18.0 Å². The molecule has 0 saturated carbocycles. The Morgan fingerprint density at radius 2 is 1.71 bits per heavy atom. The van der Waals surface area contributed by atoms with Crippen LogP contribution in [0.25, 0.3) is 0 Å². The van der Waals surface area contributed by atoms with Gasteiger partial charge in [0.05, 0.1) is 25.5 Å². The van der Waals surface area contributed by atoms with Crippen LogP contribution in [-0.4, -0.2) is 32.2 Å². The molecule has 2 aromatic carbocycles. The molecule has 6 heteroatoms. The average molecular weight is 329 g/mol. The summed E-state index contributed by atoms with van der Waals surface area (Å²) in [6.07, 6.45) is -0.964. The third kappa shape index (κ3) is 4.25. The van der Waals surface area contributed by atoms with Gasteiger partial charge < -0.3 is 19.5 Å². The van der Waals surface area contributed by atoms with Gasteiger partial charge in [0.2, 0.25) is 0 Å². The lowest BCUT2D eigenvalue weighted by Gasteiger charge is -2.16. The number of nitrogens with one attached hydrogen (secondary N) is 1. The van der Waals surface area contributed by atoms with Gasteiger partial charge in [-0.25, -0.2) is 4.79 Å². The van der Waals surface area contributed by atoms with Gasteiger partial charge in [0, 0.05) is 6.07 Å². The first kappa shape index (κ1) is 17.3. The predicted octanol–water partition coefficient (Wildman–Crippen LogP) is 2.89. The van der Waals surface area contributed by atoms with E-state index in [0.29, 0.717) is 22.7 Å². The third-order valence-corrected chi connectivity index (χ3v) is 3.33. The van der Waals surface area contributed by atoms with Crippen LogP contribution >= 0.6 is 0 Å². The average Bonchev–Trinajstić information content (AvgIpc) is 2.62. The fraction of sp³-hybridized carbons (Fsp3) is 0.222. The Kier molecular flexibility index (Phi) is 5.78. The lowest BCUT2D eigenvalue weighted by Crippen LogP contribution is -2.30. The first-order chi connectivity index (χ1) is 11.5. The molecule has 0 fully saturated rings. The Morgan fingerprint density at radius 3 is 2.33 bits per heavy atom. The smallest absolute Gasteiger partial charge is 0.338 e. The number of ether oxygens (including phenoxy) is 3. The van der Waals surface area contributed by atoms with Crippen molar-refractivity contribution in [3.8, 4) is 11.5 Å². The maximum absolute atomic E-state index is 12.3. The van der Waals surface area contributed by atoms with E-state index in [0.717, 1.165) is 0 Å². The van der Waals surface area contributed by atoms with E-state index in [1.54, 1.807) is 48.5 Å². The van der Waals surface area contributed by atoms with Gasteiger partial charge in [-0.2, -0.15) is 0 Å². The Labute approximate surface area is 140 Å². The van der Waals surface area contributed by atoms with E-state index in [1.165, 1.54) is 21.1 Å². The van der Waals surface area contributed by atoms with E-state index in [-0.39, 0.29) is 0 Å². The van der Waals surface area contributed by atoms with Crippen molar-refractivity contribution < 1.29 is 23.8 Å². The summed E-state index contributed by atoms with van der Waals surface area (Å²) in [6, 6.07) is 13.5. The van der Waals surface area contributed by atoms with Crippen molar-refractivity contribution in [3.63, 3.8) is 0 Å². The molecule has 1 amide bonds. The summed E-state index contributed by atoms with van der Waals surface area (Å²) in [5, 5.41) is 2.67. The summed E-state index contributed by atoms with van der Waals surface area (Å²) in [4.78, 5) is 24.3. The summed E-state index contributed by atoms with van der Waals surface area (Å²) < 4.78 is 15.5. The van der Waals surface area contributed by atoms with Gasteiger partial charge in [0.25, 0.3) is 5.91 Å². The molecule has 2 aromatic rings. The first-order valence-electron chi connectivity index (χ1n) is 7.34. The third-order valence-electron chi connectivity index (χ3n) is 3.33. The van der Waals surface area contributed by atoms with Crippen molar-refractivity contribution in [2.75, 3.05) is 19.5 Å². The SMILES string of the molecule is COc1ccc(OC)c(NC(=O)[C@H](C)OC(=O)c2ccccc2)c1. The minimum atomic E-state index is -0.964. The van der Waals surface area contributed by atoms with Crippen LogP contribution in [0.2, 0.25) is 0 Å². The second-order valence-electron chi connectivity index (χ2n) is 4.97. The highest BCUT2D eigenvalue weighted by atomic mass is 16.5. The molecule has 0 aromatic heterocycles. The zero-order valence-electron chi connectivity index (χ0n) is 13.7. The molecular formula is C18H19NO5. The lowest BCUT2D eigenvalue weighted by molar-refractivity contribution is -0.123. The summed E-state index contributed by atoms with van der Waals surface area (Å²) in [6.45, 7) is 1.50. The maximum atomic E-state index is 12.3. The molecule has 0 aliphatic heterocycles. The van der Waals surface area contributed by atoms with E-state index in [9.17, 15) is 9.59 Å². The fourth-order valence-corrected chi connectivity index (χ4v) is 2.00. The second-order valence-corrected chi connectivity index (χ2v) is 4.97. The number of amides is 1. The molecule has 0 aliphatic rings. The Bertz CT molecular complexity index is 715. The monoisotopic (exact) mass is 329 g/mol. The van der Waals surface area contributed by atoms with Crippen LogP contribution in [0, 0.1) is 0 Å². The molecule has 1 N–H and O–H groups in total. The number of carbonyl (C=O) groups is 2. The van der Waals surface area contributed by atoms with Gasteiger partial charge in [-0.1, -0.05) is 18.2 Å². The summed E-state index contributed by atoms with van der Waals surface area (Å²) in [7, 11) is 3.02. The quantitative estimate of drug-likeness (QED) is 0.825. The van der Waals surface area contributed by atoms with E-state index in [2.05, 4.69) is 5.32 Å². The van der Waals surface area contributed by atoms with Crippen molar-refractivity contribution in [2.24, 2.45) is 0 Å². The number of esters is 1. The number of hydrogen-bond donors (Lipinski definition) is 1. The zero-order valence-corrected chi connectivity index (χ0v) is 13.7. The van der Waals surface area contributed by atoms with Crippen molar-refractivity contribution in [3.05, 3.63) is 54.1 Å². The molecule has 0 saturated heterocycles. The van der Waals surface area contributed by atoms with Gasteiger partial charge in [0.1, 0.15) is 11.5 Å². The minimum Gasteiger partial charge on any atom is -0.497 e. The van der Waals surface area contributed by atoms with Gasteiger partial charge in [-0.05, 0) is 31.2 Å². The van der Waals surface area contributed by atoms with Gasteiger partial charge in [-0.15, -0.1) is 0 Å². The van der Waals surface area contributed by atoms with E-state index in [4.69, 9.17) is 14.2 Å². The van der Waals surface area contributed by atoms with Gasteiger partial charge in [0.15, 0.2) is 6.10 Å². The van der Waals surface area contributed by atoms with E-state index in [1.807, 2.05) is 0 Å². The van der Waals surface area contributed by atoms with Crippen LogP contribution in [-0.2, 0) is 9.53 Å². The van der Waals surface area contributed by atoms with Crippen LogP contribution < -0.4 is 14.8 Å². The van der Waals surface area contributed by atoms with Crippen LogP contribution in [0.15, 0.2) is 48.5 Å².